The molecule has 0 amide bonds. The van der Waals surface area contributed by atoms with Crippen LogP contribution < -0.4 is 15.0 Å². The van der Waals surface area contributed by atoms with E-state index in [1.807, 2.05) is 6.92 Å². The van der Waals surface area contributed by atoms with Gasteiger partial charge in [-0.2, -0.15) is 0 Å². The third kappa shape index (κ3) is 5.41. The molecule has 0 saturated carbocycles. The lowest BCUT2D eigenvalue weighted by molar-refractivity contribution is -0.131. The molecule has 32 heavy (non-hydrogen) atoms. The summed E-state index contributed by atoms with van der Waals surface area (Å²) in [7, 11) is -2.75. The zero-order chi connectivity index (χ0) is 23.3. The highest BCUT2D eigenvalue weighted by Crippen LogP contribution is 2.28. The molecule has 1 heterocycles. The number of sulfonamides is 1. The van der Waals surface area contributed by atoms with Crippen molar-refractivity contribution >= 4 is 27.8 Å². The average molecular weight is 455 g/mol. The minimum Gasteiger partial charge on any atom is -0.495 e. The second-order valence-electron chi connectivity index (χ2n) is 6.71. The van der Waals surface area contributed by atoms with E-state index in [-0.39, 0.29) is 21.9 Å². The number of hydrogen-bond donors (Lipinski definition) is 3. The van der Waals surface area contributed by atoms with Crippen LogP contribution in [-0.2, 0) is 21.2 Å². The van der Waals surface area contributed by atoms with Crippen LogP contribution in [-0.4, -0.2) is 36.6 Å². The Kier molecular flexibility index (Phi) is 6.74. The molecule has 1 aromatic heterocycles. The zero-order valence-electron chi connectivity index (χ0n) is 17.3. The van der Waals surface area contributed by atoms with E-state index in [2.05, 4.69) is 14.7 Å². The molecule has 3 aromatic rings. The number of nitrogens with zero attached hydrogens (tertiary/aromatic N) is 1. The largest absolute Gasteiger partial charge is 0.495 e. The molecule has 0 fully saturated rings. The number of H-pyrrole nitrogens is 1. The number of carbonyl (C=O) groups is 1. The summed E-state index contributed by atoms with van der Waals surface area (Å²) in [6, 6.07) is 12.2. The highest BCUT2D eigenvalue weighted by Gasteiger charge is 2.20. The van der Waals surface area contributed by atoms with Gasteiger partial charge in [0.05, 0.1) is 7.11 Å². The number of anilines is 1. The van der Waals surface area contributed by atoms with Gasteiger partial charge in [-0.05, 0) is 42.3 Å². The van der Waals surface area contributed by atoms with Crippen molar-refractivity contribution in [2.45, 2.75) is 18.2 Å². The maximum absolute atomic E-state index is 13.1. The lowest BCUT2D eigenvalue weighted by Gasteiger charge is -2.13. The highest BCUT2D eigenvalue weighted by atomic mass is 32.2. The second kappa shape index (κ2) is 9.48. The number of aryl methyl sites for hydroxylation is 1. The second-order valence-corrected chi connectivity index (χ2v) is 8.36. The van der Waals surface area contributed by atoms with Crippen molar-refractivity contribution in [3.8, 4) is 17.1 Å². The first-order chi connectivity index (χ1) is 15.2. The van der Waals surface area contributed by atoms with E-state index < -0.39 is 16.0 Å². The molecule has 3 rings (SSSR count). The fourth-order valence-electron chi connectivity index (χ4n) is 2.94. The third-order valence-corrected chi connectivity index (χ3v) is 5.84. The quantitative estimate of drug-likeness (QED) is 0.444. The van der Waals surface area contributed by atoms with E-state index in [4.69, 9.17) is 9.84 Å². The van der Waals surface area contributed by atoms with Crippen molar-refractivity contribution in [3.63, 3.8) is 0 Å². The Balaban J connectivity index is 1.98. The summed E-state index contributed by atoms with van der Waals surface area (Å²) in [6.45, 7) is 1.88. The summed E-state index contributed by atoms with van der Waals surface area (Å²) in [5, 5.41) is 8.80. The van der Waals surface area contributed by atoms with Gasteiger partial charge in [-0.1, -0.05) is 25.1 Å². The minimum absolute atomic E-state index is 0.0998. The Morgan fingerprint density at radius 1 is 1.22 bits per heavy atom. The van der Waals surface area contributed by atoms with E-state index >= 15 is 0 Å². The molecule has 10 heteroatoms. The van der Waals surface area contributed by atoms with Crippen LogP contribution in [0.15, 0.2) is 64.3 Å². The van der Waals surface area contributed by atoms with Crippen molar-refractivity contribution in [1.82, 2.24) is 9.97 Å². The van der Waals surface area contributed by atoms with Crippen LogP contribution in [0.25, 0.3) is 17.5 Å². The summed E-state index contributed by atoms with van der Waals surface area (Å²) in [5.74, 6) is -0.726. The van der Waals surface area contributed by atoms with Gasteiger partial charge >= 0.3 is 5.97 Å². The van der Waals surface area contributed by atoms with Crippen LogP contribution in [0.4, 0.5) is 5.69 Å². The summed E-state index contributed by atoms with van der Waals surface area (Å²) in [4.78, 5) is 29.5. The van der Waals surface area contributed by atoms with Crippen molar-refractivity contribution in [2.75, 3.05) is 11.8 Å². The van der Waals surface area contributed by atoms with Crippen LogP contribution in [0, 0.1) is 0 Å². The number of methoxy groups -OCH3 is 1. The predicted molar refractivity (Wildman–Crippen MR) is 120 cm³/mol. The summed E-state index contributed by atoms with van der Waals surface area (Å²) >= 11 is 0. The van der Waals surface area contributed by atoms with Gasteiger partial charge in [0.15, 0.2) is 0 Å². The van der Waals surface area contributed by atoms with E-state index in [9.17, 15) is 18.0 Å². The van der Waals surface area contributed by atoms with E-state index in [1.165, 1.54) is 31.4 Å². The summed E-state index contributed by atoms with van der Waals surface area (Å²) < 4.78 is 33.8. The standard InChI is InChI=1S/C22H21N3O6S/c1-3-16-13-20(26)24-22(23-16)15-5-4-6-17(12-15)25-32(29,30)19-11-14(8-10-21(27)28)7-9-18(19)31-2/h4-13,25H,3H2,1-2H3,(H,27,28)(H,23,24,26)/b10-8+. The number of carboxylic acid groups (broad SMARTS) is 1. The van der Waals surface area contributed by atoms with Crippen molar-refractivity contribution < 1.29 is 23.1 Å². The number of nitrogens with one attached hydrogen (secondary N) is 2. The fourth-order valence-corrected chi connectivity index (χ4v) is 4.20. The Hall–Kier alpha value is -3.92. The topological polar surface area (TPSA) is 138 Å². The molecule has 166 valence electrons. The number of aromatic amines is 1. The zero-order valence-corrected chi connectivity index (χ0v) is 18.1. The van der Waals surface area contributed by atoms with E-state index in [0.717, 1.165) is 6.08 Å². The van der Waals surface area contributed by atoms with Crippen LogP contribution in [0.2, 0.25) is 0 Å². The number of carboxylic acids is 1. The van der Waals surface area contributed by atoms with Gasteiger partial charge in [0.25, 0.3) is 15.6 Å². The van der Waals surface area contributed by atoms with Crippen molar-refractivity contribution in [1.29, 1.82) is 0 Å². The number of hydrogen-bond acceptors (Lipinski definition) is 6. The number of aliphatic carboxylic acids is 1. The molecule has 0 aliphatic rings. The number of benzene rings is 2. The van der Waals surface area contributed by atoms with Gasteiger partial charge in [-0.15, -0.1) is 0 Å². The maximum Gasteiger partial charge on any atom is 0.328 e. The van der Waals surface area contributed by atoms with Gasteiger partial charge in [-0.3, -0.25) is 9.52 Å². The number of aromatic nitrogens is 2. The Morgan fingerprint density at radius 2 is 2.00 bits per heavy atom. The Labute approximate surface area is 184 Å². The maximum atomic E-state index is 13.1. The first kappa shape index (κ1) is 22.8. The molecule has 0 unspecified atom stereocenters. The molecule has 2 aromatic carbocycles. The number of rotatable bonds is 8. The predicted octanol–water partition coefficient (Wildman–Crippen LogP) is 2.91. The molecular formula is C22H21N3O6S. The van der Waals surface area contributed by atoms with E-state index in [1.54, 1.807) is 30.3 Å². The smallest absolute Gasteiger partial charge is 0.328 e. The Bertz CT molecular complexity index is 1350. The normalized spacial score (nSPS) is 11.4. The van der Waals surface area contributed by atoms with Crippen LogP contribution >= 0.6 is 0 Å². The molecular weight excluding hydrogens is 434 g/mol. The Morgan fingerprint density at radius 3 is 2.69 bits per heavy atom. The first-order valence-electron chi connectivity index (χ1n) is 9.54. The van der Waals surface area contributed by atoms with E-state index in [0.29, 0.717) is 29.1 Å². The van der Waals surface area contributed by atoms with Crippen molar-refractivity contribution in [3.05, 3.63) is 76.2 Å². The van der Waals surface area contributed by atoms with Crippen LogP contribution in [0.1, 0.15) is 18.2 Å². The molecule has 0 atom stereocenters. The van der Waals surface area contributed by atoms with Gasteiger partial charge in [0.1, 0.15) is 16.5 Å². The first-order valence-corrected chi connectivity index (χ1v) is 11.0. The van der Waals surface area contributed by atoms with Crippen molar-refractivity contribution in [2.24, 2.45) is 0 Å². The third-order valence-electron chi connectivity index (χ3n) is 4.44. The molecule has 0 saturated heterocycles. The molecule has 9 nitrogen and oxygen atoms in total. The minimum atomic E-state index is -4.09. The van der Waals surface area contributed by atoms with Crippen LogP contribution in [0.3, 0.4) is 0 Å². The monoisotopic (exact) mass is 455 g/mol. The van der Waals surface area contributed by atoms with Gasteiger partial charge in [0.2, 0.25) is 0 Å². The highest BCUT2D eigenvalue weighted by molar-refractivity contribution is 7.92. The number of ether oxygens (including phenoxy) is 1. The molecule has 0 radical (unpaired) electrons. The fraction of sp³-hybridized carbons (Fsp3) is 0.136. The molecule has 0 aliphatic heterocycles. The molecule has 0 aliphatic carbocycles. The molecule has 0 bridgehead atoms. The molecule has 0 spiro atoms. The summed E-state index contributed by atoms with van der Waals surface area (Å²) in [6.07, 6.45) is 2.77. The van der Waals surface area contributed by atoms with Gasteiger partial charge in [0, 0.05) is 29.1 Å². The lowest BCUT2D eigenvalue weighted by atomic mass is 10.2. The lowest BCUT2D eigenvalue weighted by Crippen LogP contribution is -2.14. The van der Waals surface area contributed by atoms with Crippen LogP contribution in [0.5, 0.6) is 5.75 Å². The average Bonchev–Trinajstić information content (AvgIpc) is 2.76. The van der Waals surface area contributed by atoms with Gasteiger partial charge in [-0.25, -0.2) is 18.2 Å². The SMILES string of the molecule is CCc1cc(=O)[nH]c(-c2cccc(NS(=O)(=O)c3cc(/C=C/C(=O)O)ccc3OC)c2)n1. The van der Waals surface area contributed by atoms with Gasteiger partial charge < -0.3 is 14.8 Å². The summed E-state index contributed by atoms with van der Waals surface area (Å²) in [5.41, 5.74) is 1.48. The molecule has 3 N–H and O–H groups in total.